The van der Waals surface area contributed by atoms with E-state index >= 15 is 0 Å². The summed E-state index contributed by atoms with van der Waals surface area (Å²) in [5.74, 6) is -2.58. The van der Waals surface area contributed by atoms with Crippen molar-refractivity contribution >= 4 is 28.4 Å². The van der Waals surface area contributed by atoms with E-state index in [1.807, 2.05) is 36.4 Å². The van der Waals surface area contributed by atoms with E-state index in [4.69, 9.17) is 5.11 Å². The summed E-state index contributed by atoms with van der Waals surface area (Å²) in [5, 5.41) is 11.1. The minimum Gasteiger partial charge on any atom is -0.475 e. The maximum absolute atomic E-state index is 12.6. The zero-order valence-electron chi connectivity index (χ0n) is 15.4. The highest BCUT2D eigenvalue weighted by molar-refractivity contribution is 6.36. The number of benzene rings is 2. The average Bonchev–Trinajstić information content (AvgIpc) is 2.68. The van der Waals surface area contributed by atoms with Gasteiger partial charge in [-0.3, -0.25) is 9.59 Å². The molecule has 1 amide bonds. The van der Waals surface area contributed by atoms with E-state index < -0.39 is 24.1 Å². The molecule has 0 spiro atoms. The molecule has 1 saturated carbocycles. The predicted octanol–water partition coefficient (Wildman–Crippen LogP) is 3.79. The quantitative estimate of drug-likeness (QED) is 0.597. The number of carboxylic acid groups (broad SMARTS) is 1. The third kappa shape index (κ3) is 5.16. The van der Waals surface area contributed by atoms with Crippen LogP contribution in [0.4, 0.5) is 0 Å². The van der Waals surface area contributed by atoms with Gasteiger partial charge in [0, 0.05) is 13.1 Å². The van der Waals surface area contributed by atoms with Crippen LogP contribution in [-0.2, 0) is 20.9 Å². The van der Waals surface area contributed by atoms with Gasteiger partial charge in [0.2, 0.25) is 11.7 Å². The van der Waals surface area contributed by atoms with Crippen LogP contribution in [0.5, 0.6) is 0 Å². The number of ketones is 1. The molecule has 0 bridgehead atoms. The number of Topliss-reactive ketones (excluding diaryl/α,β-unsaturated/α-hetero) is 1. The summed E-state index contributed by atoms with van der Waals surface area (Å²) in [6.45, 7) is 0.978. The van der Waals surface area contributed by atoms with Gasteiger partial charge in [-0.05, 0) is 41.2 Å². The highest BCUT2D eigenvalue weighted by atomic mass is 16.4. The predicted molar refractivity (Wildman–Crippen MR) is 103 cm³/mol. The van der Waals surface area contributed by atoms with Crippen LogP contribution in [0.1, 0.15) is 44.1 Å². The topological polar surface area (TPSA) is 74.7 Å². The van der Waals surface area contributed by atoms with Crippen LogP contribution in [0, 0.1) is 5.92 Å². The standard InChI is InChI=1S/C22H25NO4/c24-20(22(26)27)13-21(25)23(14-16-6-2-1-3-7-16)15-17-10-11-18-8-4-5-9-19(18)12-17/h4-5,8-12,16H,1-3,6-7,13-15H2,(H,26,27). The first-order valence-corrected chi connectivity index (χ1v) is 9.54. The highest BCUT2D eigenvalue weighted by Crippen LogP contribution is 2.26. The first-order valence-electron chi connectivity index (χ1n) is 9.54. The Hall–Kier alpha value is -2.69. The van der Waals surface area contributed by atoms with Crippen molar-refractivity contribution in [3.8, 4) is 0 Å². The second kappa shape index (κ2) is 8.80. The fraction of sp³-hybridized carbons (Fsp3) is 0.409. The van der Waals surface area contributed by atoms with Crippen molar-refractivity contribution in [3.63, 3.8) is 0 Å². The van der Waals surface area contributed by atoms with Crippen molar-refractivity contribution in [1.82, 2.24) is 4.90 Å². The SMILES string of the molecule is O=C(O)C(=O)CC(=O)N(Cc1ccc2ccccc2c1)CC1CCCCC1. The molecule has 27 heavy (non-hydrogen) atoms. The van der Waals surface area contributed by atoms with E-state index in [0.29, 0.717) is 19.0 Å². The molecule has 0 atom stereocenters. The second-order valence-electron chi connectivity index (χ2n) is 7.36. The summed E-state index contributed by atoms with van der Waals surface area (Å²) in [6.07, 6.45) is 5.14. The molecule has 0 aromatic heterocycles. The Morgan fingerprint density at radius 2 is 1.67 bits per heavy atom. The first kappa shape index (κ1) is 19.1. The van der Waals surface area contributed by atoms with Crippen LogP contribution in [0.2, 0.25) is 0 Å². The van der Waals surface area contributed by atoms with Gasteiger partial charge in [-0.25, -0.2) is 4.79 Å². The molecule has 3 rings (SSSR count). The van der Waals surface area contributed by atoms with Gasteiger partial charge in [0.1, 0.15) is 0 Å². The van der Waals surface area contributed by atoms with Crippen molar-refractivity contribution in [1.29, 1.82) is 0 Å². The van der Waals surface area contributed by atoms with Gasteiger partial charge in [0.25, 0.3) is 0 Å². The third-order valence-electron chi connectivity index (χ3n) is 5.29. The number of hydrogen-bond acceptors (Lipinski definition) is 3. The van der Waals surface area contributed by atoms with E-state index in [1.54, 1.807) is 4.90 Å². The van der Waals surface area contributed by atoms with Crippen molar-refractivity contribution in [3.05, 3.63) is 48.0 Å². The summed E-state index contributed by atoms with van der Waals surface area (Å²) in [6, 6.07) is 14.1. The molecular weight excluding hydrogens is 342 g/mol. The average molecular weight is 367 g/mol. The maximum Gasteiger partial charge on any atom is 0.372 e. The molecule has 5 heteroatoms. The third-order valence-corrected chi connectivity index (χ3v) is 5.29. The Morgan fingerprint density at radius 3 is 2.37 bits per heavy atom. The molecule has 0 saturated heterocycles. The molecule has 0 unspecified atom stereocenters. The van der Waals surface area contributed by atoms with Crippen LogP contribution in [0.3, 0.4) is 0 Å². The van der Waals surface area contributed by atoms with E-state index in [0.717, 1.165) is 42.0 Å². The summed E-state index contributed by atoms with van der Waals surface area (Å²) in [7, 11) is 0. The lowest BCUT2D eigenvalue weighted by Gasteiger charge is -2.30. The molecule has 0 heterocycles. The molecule has 142 valence electrons. The summed E-state index contributed by atoms with van der Waals surface area (Å²) >= 11 is 0. The molecule has 1 N–H and O–H groups in total. The van der Waals surface area contributed by atoms with Gasteiger partial charge in [-0.2, -0.15) is 0 Å². The molecule has 1 fully saturated rings. The van der Waals surface area contributed by atoms with Crippen molar-refractivity contribution in [2.24, 2.45) is 5.92 Å². The van der Waals surface area contributed by atoms with Gasteiger partial charge in [-0.1, -0.05) is 55.7 Å². The number of fused-ring (bicyclic) bond motifs is 1. The monoisotopic (exact) mass is 367 g/mol. The Bertz CT molecular complexity index is 839. The molecule has 0 radical (unpaired) electrons. The number of hydrogen-bond donors (Lipinski definition) is 1. The number of carbonyl (C=O) groups excluding carboxylic acids is 2. The number of carbonyl (C=O) groups is 3. The van der Waals surface area contributed by atoms with Crippen LogP contribution in [-0.4, -0.2) is 34.2 Å². The Balaban J connectivity index is 1.77. The van der Waals surface area contributed by atoms with E-state index in [-0.39, 0.29) is 0 Å². The van der Waals surface area contributed by atoms with E-state index in [2.05, 4.69) is 6.07 Å². The molecular formula is C22H25NO4. The minimum absolute atomic E-state index is 0.396. The number of aliphatic carboxylic acids is 1. The number of nitrogens with zero attached hydrogens (tertiary/aromatic N) is 1. The zero-order chi connectivity index (χ0) is 19.2. The lowest BCUT2D eigenvalue weighted by molar-refractivity contribution is -0.151. The normalized spacial score (nSPS) is 14.8. The zero-order valence-corrected chi connectivity index (χ0v) is 15.4. The van der Waals surface area contributed by atoms with Crippen LogP contribution < -0.4 is 0 Å². The number of rotatable bonds is 7. The molecule has 1 aliphatic carbocycles. The number of amides is 1. The van der Waals surface area contributed by atoms with Gasteiger partial charge in [-0.15, -0.1) is 0 Å². The van der Waals surface area contributed by atoms with Crippen LogP contribution >= 0.6 is 0 Å². The molecule has 2 aromatic rings. The Morgan fingerprint density at radius 1 is 0.963 bits per heavy atom. The summed E-state index contributed by atoms with van der Waals surface area (Å²) in [5.41, 5.74) is 0.987. The van der Waals surface area contributed by atoms with Gasteiger partial charge in [0.15, 0.2) is 0 Å². The van der Waals surface area contributed by atoms with Gasteiger partial charge < -0.3 is 10.0 Å². The molecule has 5 nitrogen and oxygen atoms in total. The Labute approximate surface area is 159 Å². The van der Waals surface area contributed by atoms with Crippen molar-refractivity contribution in [2.45, 2.75) is 45.1 Å². The number of carboxylic acids is 1. The van der Waals surface area contributed by atoms with Crippen molar-refractivity contribution < 1.29 is 19.5 Å². The van der Waals surface area contributed by atoms with Crippen molar-refractivity contribution in [2.75, 3.05) is 6.54 Å². The summed E-state index contributed by atoms with van der Waals surface area (Å²) < 4.78 is 0. The Kier molecular flexibility index (Phi) is 6.22. The minimum atomic E-state index is -1.55. The summed E-state index contributed by atoms with van der Waals surface area (Å²) in [4.78, 5) is 36.7. The van der Waals surface area contributed by atoms with Crippen LogP contribution in [0.15, 0.2) is 42.5 Å². The maximum atomic E-state index is 12.6. The lowest BCUT2D eigenvalue weighted by Crippen LogP contribution is -2.37. The van der Waals surface area contributed by atoms with Gasteiger partial charge >= 0.3 is 5.97 Å². The smallest absolute Gasteiger partial charge is 0.372 e. The molecule has 0 aliphatic heterocycles. The van der Waals surface area contributed by atoms with Gasteiger partial charge in [0.05, 0.1) is 6.42 Å². The lowest BCUT2D eigenvalue weighted by atomic mass is 9.88. The van der Waals surface area contributed by atoms with E-state index in [9.17, 15) is 14.4 Å². The second-order valence-corrected chi connectivity index (χ2v) is 7.36. The van der Waals surface area contributed by atoms with Crippen LogP contribution in [0.25, 0.3) is 10.8 Å². The molecule has 1 aliphatic rings. The molecule has 2 aromatic carbocycles. The largest absolute Gasteiger partial charge is 0.475 e. The fourth-order valence-corrected chi connectivity index (χ4v) is 3.82. The highest BCUT2D eigenvalue weighted by Gasteiger charge is 2.25. The fourth-order valence-electron chi connectivity index (χ4n) is 3.82. The first-order chi connectivity index (χ1) is 13.0. The van der Waals surface area contributed by atoms with E-state index in [1.165, 1.54) is 6.42 Å².